The van der Waals surface area contributed by atoms with Gasteiger partial charge in [0.15, 0.2) is 0 Å². The maximum absolute atomic E-state index is 11.9. The minimum Gasteiger partial charge on any atom is -0.466 e. The number of hydrogen-bond donors (Lipinski definition) is 0. The van der Waals surface area contributed by atoms with Crippen LogP contribution >= 0.6 is 11.6 Å². The Morgan fingerprint density at radius 2 is 1.87 bits per heavy atom. The summed E-state index contributed by atoms with van der Waals surface area (Å²) in [5.74, 6) is 0.448. The van der Waals surface area contributed by atoms with Crippen LogP contribution in [0.3, 0.4) is 0 Å². The summed E-state index contributed by atoms with van der Waals surface area (Å²) in [5, 5.41) is 0.878. The molecule has 0 aliphatic heterocycles. The molecule has 3 heteroatoms. The van der Waals surface area contributed by atoms with E-state index < -0.39 is 0 Å². The molecular formula is C20H31ClO2. The first-order chi connectivity index (χ1) is 10.9. The van der Waals surface area contributed by atoms with E-state index in [9.17, 15) is 4.79 Å². The molecule has 0 spiro atoms. The van der Waals surface area contributed by atoms with Gasteiger partial charge in [0.2, 0.25) is 0 Å². The Labute approximate surface area is 146 Å². The Kier molecular flexibility index (Phi) is 8.68. The average Bonchev–Trinajstić information content (AvgIpc) is 2.52. The normalized spacial score (nSPS) is 12.9. The van der Waals surface area contributed by atoms with Gasteiger partial charge in [-0.1, -0.05) is 56.0 Å². The van der Waals surface area contributed by atoms with Crippen molar-refractivity contribution in [2.75, 3.05) is 6.61 Å². The number of unbranched alkanes of at least 4 members (excludes halogenated alkanes) is 2. The lowest BCUT2D eigenvalue weighted by Crippen LogP contribution is -2.26. The molecule has 0 aromatic heterocycles. The molecule has 0 aliphatic rings. The van der Waals surface area contributed by atoms with Crippen LogP contribution in [0.4, 0.5) is 0 Å². The Morgan fingerprint density at radius 1 is 1.17 bits per heavy atom. The molecule has 0 amide bonds. The molecule has 2 nitrogen and oxygen atoms in total. The van der Waals surface area contributed by atoms with E-state index in [0.717, 1.165) is 37.1 Å². The van der Waals surface area contributed by atoms with Crippen LogP contribution in [0.15, 0.2) is 24.3 Å². The summed E-state index contributed by atoms with van der Waals surface area (Å²) >= 11 is 6.31. The van der Waals surface area contributed by atoms with Crippen LogP contribution in [0.25, 0.3) is 0 Å². The van der Waals surface area contributed by atoms with Gasteiger partial charge in [-0.15, -0.1) is 0 Å². The first-order valence-electron chi connectivity index (χ1n) is 8.84. The highest BCUT2D eigenvalue weighted by Crippen LogP contribution is 2.32. The van der Waals surface area contributed by atoms with Gasteiger partial charge in [0.05, 0.1) is 12.0 Å². The summed E-state index contributed by atoms with van der Waals surface area (Å²) in [7, 11) is 0. The predicted molar refractivity (Wildman–Crippen MR) is 98.0 cm³/mol. The van der Waals surface area contributed by atoms with Crippen LogP contribution in [0.1, 0.15) is 77.7 Å². The Hall–Kier alpha value is -1.02. The number of rotatable bonds is 10. The summed E-state index contributed by atoms with van der Waals surface area (Å²) < 4.78 is 5.14. The molecule has 0 N–H and O–H groups in total. The maximum Gasteiger partial charge on any atom is 0.311 e. The van der Waals surface area contributed by atoms with Gasteiger partial charge in [-0.25, -0.2) is 0 Å². The van der Waals surface area contributed by atoms with E-state index in [2.05, 4.69) is 19.1 Å². The maximum atomic E-state index is 11.9. The van der Waals surface area contributed by atoms with E-state index in [1.54, 1.807) is 0 Å². The number of esters is 1. The second-order valence-corrected chi connectivity index (χ2v) is 7.24. The number of ether oxygens (including phenoxy) is 1. The van der Waals surface area contributed by atoms with Crippen molar-refractivity contribution in [3.63, 3.8) is 0 Å². The van der Waals surface area contributed by atoms with Gasteiger partial charge in [-0.3, -0.25) is 4.79 Å². The van der Waals surface area contributed by atoms with E-state index >= 15 is 0 Å². The molecule has 0 saturated heterocycles. The summed E-state index contributed by atoms with van der Waals surface area (Å²) in [4.78, 5) is 11.9. The molecular weight excluding hydrogens is 308 g/mol. The summed E-state index contributed by atoms with van der Waals surface area (Å²) in [6.07, 6.45) is 6.52. The number of hydrogen-bond acceptors (Lipinski definition) is 2. The number of carbonyl (C=O) groups excluding carboxylic acids is 1. The first kappa shape index (κ1) is 20.0. The van der Waals surface area contributed by atoms with Gasteiger partial charge in [-0.2, -0.15) is 0 Å². The van der Waals surface area contributed by atoms with Gasteiger partial charge in [-0.05, 0) is 57.6 Å². The van der Waals surface area contributed by atoms with Crippen LogP contribution in [-0.4, -0.2) is 12.6 Å². The molecule has 1 aromatic rings. The van der Waals surface area contributed by atoms with Crippen molar-refractivity contribution in [3.8, 4) is 0 Å². The molecule has 0 saturated carbocycles. The quantitative estimate of drug-likeness (QED) is 0.366. The largest absolute Gasteiger partial charge is 0.466 e. The third-order valence-corrected chi connectivity index (χ3v) is 4.86. The zero-order chi connectivity index (χ0) is 17.3. The Balaban J connectivity index is 2.36. The minimum absolute atomic E-state index is 0.0810. The van der Waals surface area contributed by atoms with Gasteiger partial charge in [0.25, 0.3) is 0 Å². The van der Waals surface area contributed by atoms with Crippen molar-refractivity contribution >= 4 is 17.6 Å². The standard InChI is InChI=1S/C20H31ClO2/c1-5-16(17-13-9-10-14-18(17)21)12-8-7-11-15-20(3,4)19(22)23-6-2/h9-10,13-14,16H,5-8,11-12,15H2,1-4H3. The monoisotopic (exact) mass is 338 g/mol. The van der Waals surface area contributed by atoms with Crippen molar-refractivity contribution in [1.82, 2.24) is 0 Å². The molecule has 1 aromatic carbocycles. The molecule has 0 radical (unpaired) electrons. The van der Waals surface area contributed by atoms with Gasteiger partial charge < -0.3 is 4.74 Å². The van der Waals surface area contributed by atoms with Crippen molar-refractivity contribution in [1.29, 1.82) is 0 Å². The molecule has 0 fully saturated rings. The third kappa shape index (κ3) is 6.55. The van der Waals surface area contributed by atoms with E-state index in [4.69, 9.17) is 16.3 Å². The van der Waals surface area contributed by atoms with Gasteiger partial charge in [0.1, 0.15) is 0 Å². The summed E-state index contributed by atoms with van der Waals surface area (Å²) in [6, 6.07) is 8.16. The molecule has 0 heterocycles. The average molecular weight is 339 g/mol. The molecule has 130 valence electrons. The highest BCUT2D eigenvalue weighted by Gasteiger charge is 2.28. The second-order valence-electron chi connectivity index (χ2n) is 6.83. The lowest BCUT2D eigenvalue weighted by Gasteiger charge is -2.22. The molecule has 0 bridgehead atoms. The predicted octanol–water partition coefficient (Wildman–Crippen LogP) is 6.37. The van der Waals surface area contributed by atoms with Gasteiger partial charge >= 0.3 is 5.97 Å². The van der Waals surface area contributed by atoms with Crippen molar-refractivity contribution in [2.45, 2.75) is 72.1 Å². The number of carbonyl (C=O) groups is 1. The van der Waals surface area contributed by atoms with E-state index in [1.807, 2.05) is 32.9 Å². The highest BCUT2D eigenvalue weighted by atomic mass is 35.5. The second kappa shape index (κ2) is 9.97. The van der Waals surface area contributed by atoms with Crippen molar-refractivity contribution in [3.05, 3.63) is 34.9 Å². The van der Waals surface area contributed by atoms with Gasteiger partial charge in [0, 0.05) is 5.02 Å². The van der Waals surface area contributed by atoms with Crippen LogP contribution < -0.4 is 0 Å². The topological polar surface area (TPSA) is 26.3 Å². The number of benzene rings is 1. The molecule has 0 aliphatic carbocycles. The van der Waals surface area contributed by atoms with Crippen LogP contribution in [0, 0.1) is 5.41 Å². The van der Waals surface area contributed by atoms with Crippen molar-refractivity contribution < 1.29 is 9.53 Å². The molecule has 1 unspecified atom stereocenters. The highest BCUT2D eigenvalue weighted by molar-refractivity contribution is 6.31. The van der Waals surface area contributed by atoms with E-state index in [-0.39, 0.29) is 11.4 Å². The third-order valence-electron chi connectivity index (χ3n) is 4.52. The van der Waals surface area contributed by atoms with Crippen molar-refractivity contribution in [2.24, 2.45) is 5.41 Å². The van der Waals surface area contributed by atoms with E-state index in [0.29, 0.717) is 12.5 Å². The lowest BCUT2D eigenvalue weighted by atomic mass is 9.86. The Morgan fingerprint density at radius 3 is 2.48 bits per heavy atom. The fourth-order valence-electron chi connectivity index (χ4n) is 2.95. The number of halogens is 1. The fraction of sp³-hybridized carbons (Fsp3) is 0.650. The fourth-order valence-corrected chi connectivity index (χ4v) is 3.24. The van der Waals surface area contributed by atoms with E-state index in [1.165, 1.54) is 12.0 Å². The Bertz CT molecular complexity index is 482. The summed E-state index contributed by atoms with van der Waals surface area (Å²) in [5.41, 5.74) is 0.895. The van der Waals surface area contributed by atoms with Crippen LogP contribution in [-0.2, 0) is 9.53 Å². The molecule has 23 heavy (non-hydrogen) atoms. The zero-order valence-corrected chi connectivity index (χ0v) is 15.8. The van der Waals surface area contributed by atoms with Crippen LogP contribution in [0.5, 0.6) is 0 Å². The van der Waals surface area contributed by atoms with Crippen LogP contribution in [0.2, 0.25) is 5.02 Å². The SMILES string of the molecule is CCOC(=O)C(C)(C)CCCCCC(CC)c1ccccc1Cl. The molecule has 1 rings (SSSR count). The zero-order valence-electron chi connectivity index (χ0n) is 15.0. The lowest BCUT2D eigenvalue weighted by molar-refractivity contribution is -0.153. The minimum atomic E-state index is -0.372. The first-order valence-corrected chi connectivity index (χ1v) is 9.21. The smallest absolute Gasteiger partial charge is 0.311 e. The summed E-state index contributed by atoms with van der Waals surface area (Å²) in [6.45, 7) is 8.48. The molecule has 1 atom stereocenters.